The van der Waals surface area contributed by atoms with Crippen molar-refractivity contribution >= 4 is 17.6 Å². The Kier molecular flexibility index (Phi) is 5.89. The number of carboxylic acid groups (broad SMARTS) is 1. The van der Waals surface area contributed by atoms with Crippen molar-refractivity contribution in [2.24, 2.45) is 0 Å². The summed E-state index contributed by atoms with van der Waals surface area (Å²) in [5.74, 6) is -0.798. The second kappa shape index (κ2) is 8.10. The van der Waals surface area contributed by atoms with Gasteiger partial charge in [0.1, 0.15) is 11.4 Å². The summed E-state index contributed by atoms with van der Waals surface area (Å²) in [4.78, 5) is 26.9. The molecule has 0 saturated carbocycles. The number of amides is 1. The van der Waals surface area contributed by atoms with Gasteiger partial charge in [-0.05, 0) is 49.2 Å². The quantitative estimate of drug-likeness (QED) is 0.759. The van der Waals surface area contributed by atoms with Crippen molar-refractivity contribution in [1.29, 1.82) is 0 Å². The topological polar surface area (TPSA) is 88.5 Å². The number of hydrogen-bond acceptors (Lipinski definition) is 4. The largest absolute Gasteiger partial charge is 0.494 e. The highest BCUT2D eigenvalue weighted by atomic mass is 16.5. The number of unbranched alkanes of at least 4 members (excludes halogenated alkanes) is 1. The summed E-state index contributed by atoms with van der Waals surface area (Å²) in [6.45, 7) is 4.64. The van der Waals surface area contributed by atoms with E-state index in [0.29, 0.717) is 12.3 Å². The fourth-order valence-electron chi connectivity index (χ4n) is 2.08. The van der Waals surface area contributed by atoms with Gasteiger partial charge >= 0.3 is 5.97 Å². The van der Waals surface area contributed by atoms with Gasteiger partial charge in [0.2, 0.25) is 0 Å². The molecule has 0 unspecified atom stereocenters. The predicted octanol–water partition coefficient (Wildman–Crippen LogP) is 3.52. The number of anilines is 1. The maximum atomic E-state index is 12.3. The molecular formula is C18H20N2O4. The van der Waals surface area contributed by atoms with E-state index in [-0.39, 0.29) is 17.2 Å². The smallest absolute Gasteiger partial charge is 0.354 e. The Hall–Kier alpha value is -2.89. The van der Waals surface area contributed by atoms with Crippen LogP contribution in [0.4, 0.5) is 5.69 Å². The minimum Gasteiger partial charge on any atom is -0.494 e. The molecular weight excluding hydrogens is 308 g/mol. The molecule has 1 aromatic carbocycles. The number of benzene rings is 1. The monoisotopic (exact) mass is 328 g/mol. The number of ether oxygens (including phenoxy) is 1. The molecule has 24 heavy (non-hydrogen) atoms. The zero-order valence-electron chi connectivity index (χ0n) is 13.7. The molecule has 0 bridgehead atoms. The van der Waals surface area contributed by atoms with Crippen molar-refractivity contribution < 1.29 is 19.4 Å². The minimum atomic E-state index is -1.17. The van der Waals surface area contributed by atoms with Gasteiger partial charge < -0.3 is 15.2 Å². The predicted molar refractivity (Wildman–Crippen MR) is 90.7 cm³/mol. The number of aryl methyl sites for hydroxylation is 1. The van der Waals surface area contributed by atoms with Crippen LogP contribution < -0.4 is 10.1 Å². The van der Waals surface area contributed by atoms with Crippen molar-refractivity contribution in [2.45, 2.75) is 26.7 Å². The lowest BCUT2D eigenvalue weighted by molar-refractivity contribution is 0.0690. The third-order valence-electron chi connectivity index (χ3n) is 3.45. The van der Waals surface area contributed by atoms with Gasteiger partial charge in [-0.1, -0.05) is 13.3 Å². The second-order valence-corrected chi connectivity index (χ2v) is 5.37. The lowest BCUT2D eigenvalue weighted by Crippen LogP contribution is -2.14. The molecule has 0 radical (unpaired) electrons. The Bertz CT molecular complexity index is 744. The van der Waals surface area contributed by atoms with Gasteiger partial charge in [-0.25, -0.2) is 9.78 Å². The van der Waals surface area contributed by atoms with Crippen molar-refractivity contribution in [3.05, 3.63) is 53.3 Å². The summed E-state index contributed by atoms with van der Waals surface area (Å²) < 4.78 is 5.63. The van der Waals surface area contributed by atoms with Crippen LogP contribution in [0.5, 0.6) is 5.75 Å². The molecule has 0 fully saturated rings. The first-order valence-electron chi connectivity index (χ1n) is 7.75. The first kappa shape index (κ1) is 17.5. The number of carboxylic acids is 1. The summed E-state index contributed by atoms with van der Waals surface area (Å²) in [7, 11) is 0. The second-order valence-electron chi connectivity index (χ2n) is 5.37. The average molecular weight is 328 g/mol. The number of pyridine rings is 1. The first-order chi connectivity index (χ1) is 11.5. The van der Waals surface area contributed by atoms with E-state index in [4.69, 9.17) is 9.84 Å². The van der Waals surface area contributed by atoms with Crippen molar-refractivity contribution in [3.8, 4) is 5.75 Å². The van der Waals surface area contributed by atoms with Crippen molar-refractivity contribution in [1.82, 2.24) is 4.98 Å². The van der Waals surface area contributed by atoms with E-state index in [9.17, 15) is 9.59 Å². The van der Waals surface area contributed by atoms with Crippen LogP contribution in [0, 0.1) is 6.92 Å². The standard InChI is InChI=1S/C18H20N2O4/c1-3-4-9-24-14-5-6-15(12(2)10-14)20-17(21)13-7-8-19-16(11-13)18(22)23/h5-8,10-11H,3-4,9H2,1-2H3,(H,20,21)(H,22,23). The molecule has 0 saturated heterocycles. The van der Waals surface area contributed by atoms with E-state index < -0.39 is 5.97 Å². The number of nitrogens with one attached hydrogen (secondary N) is 1. The molecule has 1 aromatic heterocycles. The third kappa shape index (κ3) is 4.55. The zero-order valence-corrected chi connectivity index (χ0v) is 13.7. The van der Waals surface area contributed by atoms with E-state index in [1.807, 2.05) is 13.0 Å². The molecule has 0 aliphatic carbocycles. The SMILES string of the molecule is CCCCOc1ccc(NC(=O)c2ccnc(C(=O)O)c2)c(C)c1. The van der Waals surface area contributed by atoms with Crippen LogP contribution in [0.2, 0.25) is 0 Å². The molecule has 2 aromatic rings. The van der Waals surface area contributed by atoms with E-state index in [2.05, 4.69) is 17.2 Å². The van der Waals surface area contributed by atoms with Crippen molar-refractivity contribution in [2.75, 3.05) is 11.9 Å². The van der Waals surface area contributed by atoms with Gasteiger partial charge in [0.15, 0.2) is 0 Å². The Balaban J connectivity index is 2.08. The van der Waals surface area contributed by atoms with E-state index in [1.54, 1.807) is 12.1 Å². The fraction of sp³-hybridized carbons (Fsp3) is 0.278. The number of nitrogens with zero attached hydrogens (tertiary/aromatic N) is 1. The molecule has 1 heterocycles. The molecule has 2 N–H and O–H groups in total. The van der Waals surface area contributed by atoms with Crippen LogP contribution in [0.1, 0.15) is 46.2 Å². The molecule has 6 nitrogen and oxygen atoms in total. The van der Waals surface area contributed by atoms with Crippen LogP contribution in [0.3, 0.4) is 0 Å². The van der Waals surface area contributed by atoms with Crippen LogP contribution in [-0.2, 0) is 0 Å². The van der Waals surface area contributed by atoms with Crippen molar-refractivity contribution in [3.63, 3.8) is 0 Å². The summed E-state index contributed by atoms with van der Waals surface area (Å²) in [6, 6.07) is 8.15. The van der Waals surface area contributed by atoms with E-state index in [1.165, 1.54) is 18.3 Å². The van der Waals surface area contributed by atoms with Gasteiger partial charge in [-0.15, -0.1) is 0 Å². The Morgan fingerprint density at radius 3 is 2.71 bits per heavy atom. The number of aromatic carboxylic acids is 1. The summed E-state index contributed by atoms with van der Waals surface area (Å²) in [5, 5.41) is 11.7. The minimum absolute atomic E-state index is 0.168. The Morgan fingerprint density at radius 2 is 2.04 bits per heavy atom. The van der Waals surface area contributed by atoms with Crippen LogP contribution >= 0.6 is 0 Å². The van der Waals surface area contributed by atoms with Gasteiger partial charge in [0.25, 0.3) is 5.91 Å². The third-order valence-corrected chi connectivity index (χ3v) is 3.45. The number of carbonyl (C=O) groups excluding carboxylic acids is 1. The zero-order chi connectivity index (χ0) is 17.5. The van der Waals surface area contributed by atoms with Gasteiger partial charge in [0, 0.05) is 17.4 Å². The highest BCUT2D eigenvalue weighted by molar-refractivity contribution is 6.05. The van der Waals surface area contributed by atoms with Gasteiger partial charge in [0.05, 0.1) is 6.61 Å². The van der Waals surface area contributed by atoms with Crippen LogP contribution in [0.15, 0.2) is 36.5 Å². The molecule has 0 atom stereocenters. The lowest BCUT2D eigenvalue weighted by Gasteiger charge is -2.11. The highest BCUT2D eigenvalue weighted by Crippen LogP contribution is 2.22. The maximum absolute atomic E-state index is 12.3. The highest BCUT2D eigenvalue weighted by Gasteiger charge is 2.12. The van der Waals surface area contributed by atoms with E-state index in [0.717, 1.165) is 24.2 Å². The molecule has 1 amide bonds. The lowest BCUT2D eigenvalue weighted by atomic mass is 10.1. The van der Waals surface area contributed by atoms with Gasteiger partial charge in [-0.3, -0.25) is 4.79 Å². The Morgan fingerprint density at radius 1 is 1.25 bits per heavy atom. The molecule has 0 spiro atoms. The number of carbonyl (C=O) groups is 2. The Labute approximate surface area is 140 Å². The van der Waals surface area contributed by atoms with Crippen LogP contribution in [0.25, 0.3) is 0 Å². The summed E-state index contributed by atoms with van der Waals surface area (Å²) in [6.07, 6.45) is 3.36. The molecule has 2 rings (SSSR count). The molecule has 6 heteroatoms. The summed E-state index contributed by atoms with van der Waals surface area (Å²) in [5.41, 5.74) is 1.59. The number of hydrogen-bond donors (Lipinski definition) is 2. The fourth-order valence-corrected chi connectivity index (χ4v) is 2.08. The maximum Gasteiger partial charge on any atom is 0.354 e. The normalized spacial score (nSPS) is 10.2. The van der Waals surface area contributed by atoms with Crippen LogP contribution in [-0.4, -0.2) is 28.6 Å². The van der Waals surface area contributed by atoms with E-state index >= 15 is 0 Å². The average Bonchev–Trinajstić information content (AvgIpc) is 2.57. The number of rotatable bonds is 7. The number of aromatic nitrogens is 1. The first-order valence-corrected chi connectivity index (χ1v) is 7.75. The summed E-state index contributed by atoms with van der Waals surface area (Å²) >= 11 is 0. The molecule has 126 valence electrons. The van der Waals surface area contributed by atoms with Gasteiger partial charge in [-0.2, -0.15) is 0 Å². The molecule has 0 aliphatic rings. The molecule has 0 aliphatic heterocycles.